The Hall–Kier alpha value is -2.34. The van der Waals surface area contributed by atoms with E-state index in [-0.39, 0.29) is 17.6 Å². The molecule has 0 saturated heterocycles. The van der Waals surface area contributed by atoms with Crippen molar-refractivity contribution in [2.24, 2.45) is 0 Å². The molecule has 0 radical (unpaired) electrons. The maximum Gasteiger partial charge on any atom is 0.330 e. The Labute approximate surface area is 134 Å². The molecule has 6 nitrogen and oxygen atoms in total. The largest absolute Gasteiger partial charge is 0.379 e. The lowest BCUT2D eigenvalue weighted by atomic mass is 10.00. The van der Waals surface area contributed by atoms with Gasteiger partial charge in [0.2, 0.25) is 0 Å². The van der Waals surface area contributed by atoms with Crippen molar-refractivity contribution < 1.29 is 4.74 Å². The van der Waals surface area contributed by atoms with Gasteiger partial charge >= 0.3 is 5.69 Å². The van der Waals surface area contributed by atoms with Crippen LogP contribution >= 0.6 is 0 Å². The number of nitrogens with zero attached hydrogens (tertiary/aromatic N) is 1. The quantitative estimate of drug-likeness (QED) is 0.906. The number of hydrogen-bond donors (Lipinski definition) is 2. The van der Waals surface area contributed by atoms with Crippen molar-refractivity contribution in [3.05, 3.63) is 62.3 Å². The molecule has 0 aliphatic carbocycles. The highest BCUT2D eigenvalue weighted by atomic mass is 16.5. The van der Waals surface area contributed by atoms with Gasteiger partial charge in [0.15, 0.2) is 0 Å². The number of rotatable bonds is 3. The number of hydrogen-bond acceptors (Lipinski definition) is 4. The van der Waals surface area contributed by atoms with Crippen LogP contribution in [0.3, 0.4) is 0 Å². The molecule has 2 heterocycles. The number of nitrogens with one attached hydrogen (secondary N) is 2. The van der Waals surface area contributed by atoms with Crippen molar-refractivity contribution in [2.75, 3.05) is 18.5 Å². The van der Waals surface area contributed by atoms with Crippen LogP contribution in [0.2, 0.25) is 0 Å². The Morgan fingerprint density at radius 2 is 2.09 bits per heavy atom. The number of benzene rings is 1. The van der Waals surface area contributed by atoms with E-state index in [1.54, 1.807) is 13.8 Å². The Morgan fingerprint density at radius 3 is 2.83 bits per heavy atom. The van der Waals surface area contributed by atoms with Gasteiger partial charge in [0.25, 0.3) is 5.56 Å². The lowest BCUT2D eigenvalue weighted by Crippen LogP contribution is -2.36. The van der Waals surface area contributed by atoms with Crippen LogP contribution in [0.4, 0.5) is 5.82 Å². The molecule has 0 fully saturated rings. The number of ether oxygens (including phenoxy) is 1. The van der Waals surface area contributed by atoms with Crippen LogP contribution in [0.15, 0.2) is 39.9 Å². The molecular formula is C17H21N3O3. The Kier molecular flexibility index (Phi) is 4.34. The third-order valence-corrected chi connectivity index (χ3v) is 4.04. The first-order valence-corrected chi connectivity index (χ1v) is 7.84. The number of fused-ring (bicyclic) bond motifs is 1. The summed E-state index contributed by atoms with van der Waals surface area (Å²) in [4.78, 5) is 27.0. The zero-order valence-corrected chi connectivity index (χ0v) is 13.3. The molecule has 2 aromatic rings. The highest BCUT2D eigenvalue weighted by Gasteiger charge is 2.19. The third-order valence-electron chi connectivity index (χ3n) is 4.04. The summed E-state index contributed by atoms with van der Waals surface area (Å²) in [5.74, 6) is 0.419. The maximum absolute atomic E-state index is 12.1. The molecule has 1 aromatic carbocycles. The SMILES string of the molecule is CC(C)n1c(=O)cc(N[C@H]2COCCc3ccccc32)[nH]c1=O. The first-order chi connectivity index (χ1) is 11.1. The van der Waals surface area contributed by atoms with Gasteiger partial charge in [0.05, 0.1) is 19.3 Å². The van der Waals surface area contributed by atoms with E-state index in [1.165, 1.54) is 16.2 Å². The van der Waals surface area contributed by atoms with E-state index in [0.29, 0.717) is 19.0 Å². The highest BCUT2D eigenvalue weighted by molar-refractivity contribution is 5.40. The summed E-state index contributed by atoms with van der Waals surface area (Å²) in [5.41, 5.74) is 1.64. The summed E-state index contributed by atoms with van der Waals surface area (Å²) < 4.78 is 6.84. The van der Waals surface area contributed by atoms with Crippen LogP contribution < -0.4 is 16.6 Å². The second-order valence-corrected chi connectivity index (χ2v) is 6.01. The van der Waals surface area contributed by atoms with Gasteiger partial charge in [-0.1, -0.05) is 24.3 Å². The fourth-order valence-electron chi connectivity index (χ4n) is 2.95. The second kappa shape index (κ2) is 6.42. The maximum atomic E-state index is 12.1. The van der Waals surface area contributed by atoms with Crippen LogP contribution in [-0.2, 0) is 11.2 Å². The summed E-state index contributed by atoms with van der Waals surface area (Å²) in [6.45, 7) is 4.77. The smallest absolute Gasteiger partial charge is 0.330 e. The van der Waals surface area contributed by atoms with Crippen molar-refractivity contribution in [2.45, 2.75) is 32.4 Å². The lowest BCUT2D eigenvalue weighted by molar-refractivity contribution is 0.135. The molecular weight excluding hydrogens is 294 g/mol. The van der Waals surface area contributed by atoms with Gasteiger partial charge in [-0.3, -0.25) is 14.3 Å². The van der Waals surface area contributed by atoms with Crippen molar-refractivity contribution in [3.63, 3.8) is 0 Å². The van der Waals surface area contributed by atoms with Crippen molar-refractivity contribution in [3.8, 4) is 0 Å². The number of anilines is 1. The predicted molar refractivity (Wildman–Crippen MR) is 89.0 cm³/mol. The van der Waals surface area contributed by atoms with Gasteiger partial charge in [0, 0.05) is 12.1 Å². The molecule has 0 bridgehead atoms. The Balaban J connectivity index is 1.94. The normalized spacial score (nSPS) is 17.6. The number of H-pyrrole nitrogens is 1. The minimum absolute atomic E-state index is 0.0985. The van der Waals surface area contributed by atoms with Gasteiger partial charge in [-0.2, -0.15) is 0 Å². The van der Waals surface area contributed by atoms with Gasteiger partial charge in [0.1, 0.15) is 5.82 Å². The summed E-state index contributed by atoms with van der Waals surface area (Å²) in [7, 11) is 0. The van der Waals surface area contributed by atoms with E-state index in [4.69, 9.17) is 4.74 Å². The summed E-state index contributed by atoms with van der Waals surface area (Å²) in [6, 6.07) is 9.27. The van der Waals surface area contributed by atoms with E-state index in [0.717, 1.165) is 12.0 Å². The zero-order valence-electron chi connectivity index (χ0n) is 13.3. The monoisotopic (exact) mass is 315 g/mol. The molecule has 122 valence electrons. The lowest BCUT2D eigenvalue weighted by Gasteiger charge is -2.20. The summed E-state index contributed by atoms with van der Waals surface area (Å²) in [5, 5.41) is 3.23. The Bertz CT molecular complexity index is 776. The van der Waals surface area contributed by atoms with E-state index in [2.05, 4.69) is 22.4 Å². The molecule has 0 saturated carbocycles. The van der Waals surface area contributed by atoms with Gasteiger partial charge in [-0.25, -0.2) is 4.79 Å². The third kappa shape index (κ3) is 3.22. The molecule has 1 aliphatic heterocycles. The minimum Gasteiger partial charge on any atom is -0.379 e. The predicted octanol–water partition coefficient (Wildman–Crippen LogP) is 1.84. The Morgan fingerprint density at radius 1 is 1.30 bits per heavy atom. The van der Waals surface area contributed by atoms with Gasteiger partial charge in [-0.05, 0) is 31.4 Å². The van der Waals surface area contributed by atoms with Crippen LogP contribution in [0.5, 0.6) is 0 Å². The number of aromatic nitrogens is 2. The molecule has 0 unspecified atom stereocenters. The van der Waals surface area contributed by atoms with Gasteiger partial charge in [-0.15, -0.1) is 0 Å². The molecule has 6 heteroatoms. The zero-order chi connectivity index (χ0) is 16.4. The molecule has 2 N–H and O–H groups in total. The highest BCUT2D eigenvalue weighted by Crippen LogP contribution is 2.24. The van der Waals surface area contributed by atoms with Gasteiger partial charge < -0.3 is 10.1 Å². The molecule has 3 rings (SSSR count). The topological polar surface area (TPSA) is 76.1 Å². The molecule has 0 spiro atoms. The van der Waals surface area contributed by atoms with Crippen LogP contribution in [0.25, 0.3) is 0 Å². The first kappa shape index (κ1) is 15.6. The fourth-order valence-corrected chi connectivity index (χ4v) is 2.95. The molecule has 1 atom stereocenters. The standard InChI is InChI=1S/C17H21N3O3/c1-11(2)20-16(21)9-15(19-17(20)22)18-14-10-23-8-7-12-5-3-4-6-13(12)14/h3-6,9,11,14,18H,7-8,10H2,1-2H3,(H,19,22)/t14-/m0/s1. The van der Waals surface area contributed by atoms with E-state index < -0.39 is 5.69 Å². The first-order valence-electron chi connectivity index (χ1n) is 7.84. The second-order valence-electron chi connectivity index (χ2n) is 6.01. The van der Waals surface area contributed by atoms with Crippen LogP contribution in [0, 0.1) is 0 Å². The van der Waals surface area contributed by atoms with E-state index >= 15 is 0 Å². The van der Waals surface area contributed by atoms with Crippen molar-refractivity contribution in [1.82, 2.24) is 9.55 Å². The summed E-state index contributed by atoms with van der Waals surface area (Å²) >= 11 is 0. The van der Waals surface area contributed by atoms with Crippen LogP contribution in [-0.4, -0.2) is 22.8 Å². The average Bonchev–Trinajstić information content (AvgIpc) is 2.69. The minimum atomic E-state index is -0.405. The fraction of sp³-hybridized carbons (Fsp3) is 0.412. The van der Waals surface area contributed by atoms with E-state index in [9.17, 15) is 9.59 Å². The number of aromatic amines is 1. The molecule has 23 heavy (non-hydrogen) atoms. The van der Waals surface area contributed by atoms with E-state index in [1.807, 2.05) is 12.1 Å². The average molecular weight is 315 g/mol. The van der Waals surface area contributed by atoms with Crippen LogP contribution in [0.1, 0.15) is 37.1 Å². The van der Waals surface area contributed by atoms with Crippen molar-refractivity contribution >= 4 is 5.82 Å². The summed E-state index contributed by atoms with van der Waals surface area (Å²) in [6.07, 6.45) is 0.861. The molecule has 0 amide bonds. The molecule has 1 aromatic heterocycles. The molecule has 1 aliphatic rings. The van der Waals surface area contributed by atoms with Crippen molar-refractivity contribution in [1.29, 1.82) is 0 Å².